The molecule has 4 heteroatoms. The van der Waals surface area contributed by atoms with E-state index in [1.807, 2.05) is 0 Å². The van der Waals surface area contributed by atoms with Gasteiger partial charge in [0.05, 0.1) is 0 Å². The molecule has 2 fully saturated rings. The average molecular weight is 276 g/mol. The smallest absolute Gasteiger partial charge is 0.278 e. The number of hydrogen-bond donors (Lipinski definition) is 0. The van der Waals surface area contributed by atoms with Crippen LogP contribution in [0.15, 0.2) is 4.42 Å². The van der Waals surface area contributed by atoms with E-state index >= 15 is 0 Å². The van der Waals surface area contributed by atoms with Crippen LogP contribution in [0.2, 0.25) is 0 Å². The van der Waals surface area contributed by atoms with Gasteiger partial charge in [0.1, 0.15) is 0 Å². The highest BCUT2D eigenvalue weighted by molar-refractivity contribution is 14.1. The summed E-state index contributed by atoms with van der Waals surface area (Å²) in [5.74, 6) is 3.26. The van der Waals surface area contributed by atoms with Crippen molar-refractivity contribution in [2.45, 2.75) is 25.2 Å². The highest BCUT2D eigenvalue weighted by Gasteiger charge is 2.56. The second kappa shape index (κ2) is 2.43. The van der Waals surface area contributed by atoms with Crippen molar-refractivity contribution >= 4 is 22.6 Å². The molecule has 2 saturated carbocycles. The standard InChI is InChI=1S/C8H9IN2O/c9-8-11-10-7(12-8)6-4-2-1-3-5(4)6/h4-6H,1-3H2. The Balaban J connectivity index is 1.84. The lowest BCUT2D eigenvalue weighted by molar-refractivity contribution is 0.449. The molecule has 12 heavy (non-hydrogen) atoms. The fraction of sp³-hybridized carbons (Fsp3) is 0.750. The molecule has 0 N–H and O–H groups in total. The van der Waals surface area contributed by atoms with E-state index in [0.29, 0.717) is 9.82 Å². The van der Waals surface area contributed by atoms with Gasteiger partial charge in [-0.3, -0.25) is 0 Å². The van der Waals surface area contributed by atoms with Gasteiger partial charge in [-0.05, 0) is 24.7 Å². The first-order chi connectivity index (χ1) is 5.86. The normalized spacial score (nSPS) is 38.2. The van der Waals surface area contributed by atoms with Crippen LogP contribution in [0.3, 0.4) is 0 Å². The predicted molar refractivity (Wildman–Crippen MR) is 50.6 cm³/mol. The van der Waals surface area contributed by atoms with Gasteiger partial charge in [-0.15, -0.1) is 10.2 Å². The summed E-state index contributed by atoms with van der Waals surface area (Å²) >= 11 is 2.07. The van der Waals surface area contributed by atoms with Crippen LogP contribution in [-0.2, 0) is 0 Å². The quantitative estimate of drug-likeness (QED) is 0.738. The zero-order valence-corrected chi connectivity index (χ0v) is 8.69. The SMILES string of the molecule is Ic1nnc(C2C3CCCC32)o1. The molecule has 1 aromatic heterocycles. The molecule has 0 amide bonds. The highest BCUT2D eigenvalue weighted by atomic mass is 127. The van der Waals surface area contributed by atoms with Crippen LogP contribution in [0.1, 0.15) is 31.1 Å². The third-order valence-electron chi connectivity index (χ3n) is 3.11. The first-order valence-corrected chi connectivity index (χ1v) is 5.43. The number of hydrogen-bond acceptors (Lipinski definition) is 3. The third-order valence-corrected chi connectivity index (χ3v) is 3.54. The second-order valence-corrected chi connectivity index (χ2v) is 4.60. The fourth-order valence-corrected chi connectivity index (χ4v) is 2.87. The Morgan fingerprint density at radius 2 is 2.00 bits per heavy atom. The van der Waals surface area contributed by atoms with E-state index < -0.39 is 0 Å². The first kappa shape index (κ1) is 7.29. The van der Waals surface area contributed by atoms with E-state index in [1.165, 1.54) is 19.3 Å². The molecule has 1 heterocycles. The van der Waals surface area contributed by atoms with E-state index in [0.717, 1.165) is 17.7 Å². The molecule has 0 bridgehead atoms. The molecular weight excluding hydrogens is 267 g/mol. The molecule has 0 aromatic carbocycles. The molecule has 2 aliphatic rings. The lowest BCUT2D eigenvalue weighted by Crippen LogP contribution is -1.87. The van der Waals surface area contributed by atoms with Crippen molar-refractivity contribution in [3.63, 3.8) is 0 Å². The molecule has 0 saturated heterocycles. The molecule has 64 valence electrons. The topological polar surface area (TPSA) is 38.9 Å². The Hall–Kier alpha value is -0.130. The van der Waals surface area contributed by atoms with Crippen molar-refractivity contribution in [2.24, 2.45) is 11.8 Å². The van der Waals surface area contributed by atoms with Crippen LogP contribution in [0, 0.1) is 15.7 Å². The summed E-state index contributed by atoms with van der Waals surface area (Å²) in [4.78, 5) is 0. The Morgan fingerprint density at radius 3 is 2.58 bits per heavy atom. The summed E-state index contributed by atoms with van der Waals surface area (Å²) in [5, 5.41) is 7.91. The molecule has 3 nitrogen and oxygen atoms in total. The molecule has 3 rings (SSSR count). The van der Waals surface area contributed by atoms with Crippen LogP contribution >= 0.6 is 22.6 Å². The molecular formula is C8H9IN2O. The van der Waals surface area contributed by atoms with Gasteiger partial charge in [0.15, 0.2) is 0 Å². The minimum atomic E-state index is 0.620. The maximum atomic E-state index is 5.41. The Labute approximate surface area is 84.1 Å². The van der Waals surface area contributed by atoms with Crippen molar-refractivity contribution in [2.75, 3.05) is 0 Å². The minimum Gasteiger partial charge on any atom is -0.416 e. The van der Waals surface area contributed by atoms with E-state index in [9.17, 15) is 0 Å². The maximum Gasteiger partial charge on any atom is 0.278 e. The van der Waals surface area contributed by atoms with Crippen molar-refractivity contribution in [3.8, 4) is 0 Å². The summed E-state index contributed by atoms with van der Waals surface area (Å²) < 4.78 is 6.08. The molecule has 2 aliphatic carbocycles. The van der Waals surface area contributed by atoms with Crippen LogP contribution in [0.4, 0.5) is 0 Å². The zero-order chi connectivity index (χ0) is 8.13. The van der Waals surface area contributed by atoms with Gasteiger partial charge in [0.2, 0.25) is 5.89 Å². The maximum absolute atomic E-state index is 5.41. The number of halogens is 1. The van der Waals surface area contributed by atoms with E-state index in [1.54, 1.807) is 0 Å². The second-order valence-electron chi connectivity index (χ2n) is 3.68. The molecule has 0 spiro atoms. The average Bonchev–Trinajstić information content (AvgIpc) is 2.55. The Bertz CT molecular complexity index is 302. The monoisotopic (exact) mass is 276 g/mol. The largest absolute Gasteiger partial charge is 0.416 e. The van der Waals surface area contributed by atoms with Crippen LogP contribution in [0.5, 0.6) is 0 Å². The zero-order valence-electron chi connectivity index (χ0n) is 6.53. The number of rotatable bonds is 1. The molecule has 0 aliphatic heterocycles. The van der Waals surface area contributed by atoms with Crippen LogP contribution in [0.25, 0.3) is 0 Å². The third kappa shape index (κ3) is 0.932. The van der Waals surface area contributed by atoms with Gasteiger partial charge in [0.25, 0.3) is 3.90 Å². The lowest BCUT2D eigenvalue weighted by atomic mass is 10.1. The summed E-state index contributed by atoms with van der Waals surface area (Å²) in [6.45, 7) is 0. The van der Waals surface area contributed by atoms with Gasteiger partial charge in [0, 0.05) is 28.5 Å². The first-order valence-electron chi connectivity index (χ1n) is 4.35. The summed E-state index contributed by atoms with van der Waals surface area (Å²) in [6, 6.07) is 0. The predicted octanol–water partition coefficient (Wildman–Crippen LogP) is 2.19. The van der Waals surface area contributed by atoms with Gasteiger partial charge in [-0.1, -0.05) is 6.42 Å². The number of aromatic nitrogens is 2. The molecule has 2 unspecified atom stereocenters. The van der Waals surface area contributed by atoms with Gasteiger partial charge in [-0.25, -0.2) is 0 Å². The summed E-state index contributed by atoms with van der Waals surface area (Å²) in [7, 11) is 0. The van der Waals surface area contributed by atoms with Crippen molar-refractivity contribution < 1.29 is 4.42 Å². The summed E-state index contributed by atoms with van der Waals surface area (Å²) in [5.41, 5.74) is 0. The minimum absolute atomic E-state index is 0.620. The Kier molecular flexibility index (Phi) is 1.48. The van der Waals surface area contributed by atoms with Crippen molar-refractivity contribution in [1.29, 1.82) is 0 Å². The molecule has 2 atom stereocenters. The van der Waals surface area contributed by atoms with Crippen molar-refractivity contribution in [1.82, 2.24) is 10.2 Å². The van der Waals surface area contributed by atoms with Crippen molar-refractivity contribution in [3.05, 3.63) is 9.79 Å². The van der Waals surface area contributed by atoms with Gasteiger partial charge in [-0.2, -0.15) is 0 Å². The summed E-state index contributed by atoms with van der Waals surface area (Å²) in [6.07, 6.45) is 4.14. The highest BCUT2D eigenvalue weighted by Crippen LogP contribution is 2.62. The van der Waals surface area contributed by atoms with Crippen LogP contribution in [-0.4, -0.2) is 10.2 Å². The number of nitrogens with zero attached hydrogens (tertiary/aromatic N) is 2. The van der Waals surface area contributed by atoms with Crippen LogP contribution < -0.4 is 0 Å². The molecule has 0 radical (unpaired) electrons. The lowest BCUT2D eigenvalue weighted by Gasteiger charge is -1.94. The Morgan fingerprint density at radius 1 is 1.25 bits per heavy atom. The van der Waals surface area contributed by atoms with Gasteiger partial charge >= 0.3 is 0 Å². The van der Waals surface area contributed by atoms with E-state index in [4.69, 9.17) is 4.42 Å². The fourth-order valence-electron chi connectivity index (χ4n) is 2.54. The number of fused-ring (bicyclic) bond motifs is 1. The van der Waals surface area contributed by atoms with E-state index in [2.05, 4.69) is 32.8 Å². The molecule has 1 aromatic rings. The van der Waals surface area contributed by atoms with E-state index in [-0.39, 0.29) is 0 Å². The van der Waals surface area contributed by atoms with Gasteiger partial charge < -0.3 is 4.42 Å².